The van der Waals surface area contributed by atoms with Crippen molar-refractivity contribution in [2.75, 3.05) is 95.7 Å². The lowest BCUT2D eigenvalue weighted by Gasteiger charge is -2.49. The first-order valence-corrected chi connectivity index (χ1v) is 37.1. The van der Waals surface area contributed by atoms with Crippen molar-refractivity contribution in [1.82, 2.24) is 50.2 Å². The minimum Gasteiger partial charge on any atom is -0.491 e. The number of halogens is 2. The monoisotopic (exact) mass is 1410 g/mol. The minimum atomic E-state index is -1.99. The normalized spacial score (nSPS) is 20.5. The number of fused-ring (bicyclic) bond motifs is 3. The molecule has 5 fully saturated rings. The van der Waals surface area contributed by atoms with E-state index in [4.69, 9.17) is 28.9 Å². The van der Waals surface area contributed by atoms with Gasteiger partial charge in [0.15, 0.2) is 11.5 Å². The summed E-state index contributed by atoms with van der Waals surface area (Å²) in [5, 5.41) is 22.5. The van der Waals surface area contributed by atoms with Crippen molar-refractivity contribution in [3.8, 4) is 27.4 Å². The predicted molar refractivity (Wildman–Crippen MR) is 385 cm³/mol. The zero-order chi connectivity index (χ0) is 71.5. The number of aliphatic hydroxyl groups excluding tert-OH is 1. The zero-order valence-corrected chi connectivity index (χ0v) is 60.7. The molecule has 7 heterocycles. The molecule has 0 bridgehead atoms. The van der Waals surface area contributed by atoms with E-state index >= 15 is 4.39 Å². The number of nitrogens with zero attached hydrogens (tertiary/aromatic N) is 8. The van der Waals surface area contributed by atoms with E-state index in [0.29, 0.717) is 85.6 Å². The maximum Gasteiger partial charge on any atom is 0.258 e. The van der Waals surface area contributed by atoms with Gasteiger partial charge in [0.1, 0.15) is 35.8 Å². The van der Waals surface area contributed by atoms with Crippen LogP contribution in [-0.2, 0) is 45.3 Å². The fourth-order valence-corrected chi connectivity index (χ4v) is 15.8. The molecule has 2 saturated carbocycles. The molecule has 101 heavy (non-hydrogen) atoms. The number of β-amino-alcohol motifs (C(OH)–C–C–N with tert-alkyl or cyclic N) is 1. The topological polar surface area (TPSA) is 247 Å². The Labute approximate surface area is 595 Å². The molecule has 3 aromatic heterocycles. The van der Waals surface area contributed by atoms with Crippen LogP contribution in [0.3, 0.4) is 0 Å². The van der Waals surface area contributed by atoms with E-state index in [2.05, 4.69) is 68.1 Å². The Hall–Kier alpha value is -7.68. The van der Waals surface area contributed by atoms with Crippen molar-refractivity contribution in [2.45, 2.75) is 193 Å². The van der Waals surface area contributed by atoms with Crippen LogP contribution in [-0.4, -0.2) is 196 Å². The van der Waals surface area contributed by atoms with Crippen molar-refractivity contribution in [1.29, 1.82) is 0 Å². The quantitative estimate of drug-likeness (QED) is 0.0287. The number of imidazole rings is 1. The molecule has 2 aliphatic carbocycles. The largest absolute Gasteiger partial charge is 0.491 e. The summed E-state index contributed by atoms with van der Waals surface area (Å²) >= 11 is 1.50. The van der Waals surface area contributed by atoms with E-state index in [1.165, 1.54) is 65.9 Å². The highest BCUT2D eigenvalue weighted by molar-refractivity contribution is 7.13. The summed E-state index contributed by atoms with van der Waals surface area (Å²) in [6.45, 7) is 23.3. The van der Waals surface area contributed by atoms with Gasteiger partial charge < -0.3 is 69.5 Å². The first-order chi connectivity index (χ1) is 48.4. The van der Waals surface area contributed by atoms with Crippen LogP contribution in [0.5, 0.6) is 5.75 Å². The summed E-state index contributed by atoms with van der Waals surface area (Å²) in [5.74, 6) is -1.61. The lowest BCUT2D eigenvalue weighted by atomic mass is 9.74. The highest BCUT2D eigenvalue weighted by Gasteiger charge is 2.54. The lowest BCUT2D eigenvalue weighted by molar-refractivity contribution is -0.145. The molecule has 1 spiro atoms. The number of aliphatic hydroxyl groups is 1. The van der Waals surface area contributed by atoms with E-state index < -0.39 is 52.8 Å². The molecule has 4 aliphatic heterocycles. The number of ether oxygens (including phenoxy) is 4. The molecule has 6 aliphatic rings. The van der Waals surface area contributed by atoms with Crippen molar-refractivity contribution in [3.05, 3.63) is 100 Å². The second-order valence-electron chi connectivity index (χ2n) is 30.1. The zero-order valence-electron chi connectivity index (χ0n) is 59.9. The van der Waals surface area contributed by atoms with Crippen molar-refractivity contribution < 1.29 is 56.8 Å². The third kappa shape index (κ3) is 16.6. The minimum absolute atomic E-state index is 0.00140. The molecule has 0 unspecified atom stereocenters. The van der Waals surface area contributed by atoms with Crippen molar-refractivity contribution in [3.63, 3.8) is 0 Å². The number of anilines is 3. The molecule has 22 nitrogen and oxygen atoms in total. The SMILES string of the molecule is Cc1cc(F)c(Nc2nc(-c3ccc4c(c3)N([C@H]3C[C@@H](N5CCCCC5)C3)CC43CCN(C(=O)CCOCCOCCOCCOc4cc(-c5scnc5C)ccc4CNC(=O)[C@H]4C[C@H](O)CN4C(=O)[C@H](NC(=O)C4(F)CC4)C(C)(C)C)CC3)cc3ncn(C(C)C)c23)cc1C(=O)NC(C)C. The molecule has 3 aromatic carbocycles. The molecule has 3 atom stereocenters. The van der Waals surface area contributed by atoms with Gasteiger partial charge in [-0.2, -0.15) is 0 Å². The number of likely N-dealkylation sites (tertiary alicyclic amines) is 3. The van der Waals surface area contributed by atoms with Crippen LogP contribution >= 0.6 is 11.3 Å². The van der Waals surface area contributed by atoms with Crippen LogP contribution in [0.15, 0.2) is 66.4 Å². The number of carbonyl (C=O) groups is 5. The highest BCUT2D eigenvalue weighted by Crippen LogP contribution is 2.52. The summed E-state index contributed by atoms with van der Waals surface area (Å²) in [5.41, 5.74) is 7.95. The number of benzene rings is 3. The maximum absolute atomic E-state index is 16.0. The number of nitrogens with one attached hydrogen (secondary N) is 4. The Bertz CT molecular complexity index is 3980. The smallest absolute Gasteiger partial charge is 0.258 e. The first-order valence-electron chi connectivity index (χ1n) is 36.2. The summed E-state index contributed by atoms with van der Waals surface area (Å²) in [4.78, 5) is 91.9. The molecule has 12 rings (SSSR count). The highest BCUT2D eigenvalue weighted by atomic mass is 32.1. The first kappa shape index (κ1) is 73.1. The second kappa shape index (κ2) is 31.1. The fourth-order valence-electron chi connectivity index (χ4n) is 15.0. The van der Waals surface area contributed by atoms with Crippen LogP contribution in [0.25, 0.3) is 32.7 Å². The van der Waals surface area contributed by atoms with Gasteiger partial charge in [0.05, 0.1) is 91.5 Å². The summed E-state index contributed by atoms with van der Waals surface area (Å²) in [6, 6.07) is 16.2. The number of carbonyl (C=O) groups excluding carboxylic acids is 5. The number of hydrogen-bond acceptors (Lipinski definition) is 17. The van der Waals surface area contributed by atoms with E-state index in [9.17, 15) is 33.5 Å². The standard InChI is InChI=1S/C76H100F2N12O10S/c1-46(2)82-70(93)56-39-60(58(77)33-48(56)5)84-69-66-61(80-44-90(66)47(3)4)40-59(83-69)50-15-16-57-62(34-50)89(54-36-53(37-54)86-22-11-10-12-23-86)43-75(57)20-24-87(25-21-75)65(92)17-26-97-27-28-98-29-30-99-31-32-100-64-35-51(67-49(6)81-45-101-67)13-14-52(64)41-79-71(94)63-38-55(91)42-88(63)72(95)68(74(7,8)9)85-73(96)76(78)18-19-76/h13-16,33-35,39-40,44-47,53-55,63,68,91H,10-12,17-32,36-38,41-43H2,1-9H3,(H,79,94)(H,82,93)(H,83,84)(H,85,96)/t53-,54+,55-,63+,68-/m0/s1. The fraction of sp³-hybridized carbons (Fsp3) is 0.579. The van der Waals surface area contributed by atoms with Crippen LogP contribution < -0.4 is 30.9 Å². The van der Waals surface area contributed by atoms with Gasteiger partial charge in [-0.25, -0.2) is 23.7 Å². The van der Waals surface area contributed by atoms with Crippen molar-refractivity contribution in [2.24, 2.45) is 5.41 Å². The Morgan fingerprint density at radius 1 is 0.792 bits per heavy atom. The Morgan fingerprint density at radius 3 is 2.17 bits per heavy atom. The molecule has 5 amide bonds. The number of piperidine rings is 2. The van der Waals surface area contributed by atoms with Crippen LogP contribution in [0.1, 0.15) is 158 Å². The van der Waals surface area contributed by atoms with Gasteiger partial charge in [0, 0.05) is 91.1 Å². The number of pyridine rings is 1. The summed E-state index contributed by atoms with van der Waals surface area (Å²) < 4.78 is 56.6. The van der Waals surface area contributed by atoms with E-state index in [1.54, 1.807) is 45.6 Å². The third-order valence-corrected chi connectivity index (χ3v) is 22.0. The number of thiazole rings is 1. The van der Waals surface area contributed by atoms with Gasteiger partial charge >= 0.3 is 0 Å². The molecular weight excluding hydrogens is 1310 g/mol. The Kier molecular flexibility index (Phi) is 22.5. The van der Waals surface area contributed by atoms with Crippen LogP contribution in [0, 0.1) is 25.1 Å². The lowest BCUT2D eigenvalue weighted by Crippen LogP contribution is -2.59. The van der Waals surface area contributed by atoms with Gasteiger partial charge in [0.25, 0.3) is 11.8 Å². The van der Waals surface area contributed by atoms with Gasteiger partial charge in [-0.3, -0.25) is 24.0 Å². The number of amides is 5. The molecule has 544 valence electrons. The number of hydrogen-bond donors (Lipinski definition) is 5. The molecule has 3 saturated heterocycles. The number of aryl methyl sites for hydroxylation is 2. The molecule has 25 heteroatoms. The molecule has 6 aromatic rings. The average molecular weight is 1410 g/mol. The Balaban J connectivity index is 0.613. The summed E-state index contributed by atoms with van der Waals surface area (Å²) in [7, 11) is 0. The number of rotatable bonds is 28. The van der Waals surface area contributed by atoms with Crippen molar-refractivity contribution >= 4 is 69.1 Å². The van der Waals surface area contributed by atoms with E-state index in [1.807, 2.05) is 54.5 Å². The third-order valence-electron chi connectivity index (χ3n) is 21.1. The van der Waals surface area contributed by atoms with Gasteiger partial charge in [-0.15, -0.1) is 11.3 Å². The van der Waals surface area contributed by atoms with E-state index in [-0.39, 0.29) is 93.6 Å². The number of alkyl halides is 1. The van der Waals surface area contributed by atoms with Crippen LogP contribution in [0.4, 0.5) is 26.0 Å². The second-order valence-corrected chi connectivity index (χ2v) is 31.0. The van der Waals surface area contributed by atoms with Gasteiger partial charge in [-0.05, 0) is 158 Å². The predicted octanol–water partition coefficient (Wildman–Crippen LogP) is 10.3. The van der Waals surface area contributed by atoms with Gasteiger partial charge in [-0.1, -0.05) is 51.5 Å². The Morgan fingerprint density at radius 2 is 1.50 bits per heavy atom. The molecule has 0 radical (unpaired) electrons. The molecular formula is C76H100F2N12O10S. The molecule has 5 N–H and O–H groups in total. The average Bonchev–Trinajstić information content (AvgIpc) is 1.58. The maximum atomic E-state index is 16.0. The van der Waals surface area contributed by atoms with E-state index in [0.717, 1.165) is 65.0 Å². The van der Waals surface area contributed by atoms with Crippen LogP contribution in [0.2, 0.25) is 0 Å². The summed E-state index contributed by atoms with van der Waals surface area (Å²) in [6.07, 6.45) is 9.01. The number of aromatic nitrogens is 4. The van der Waals surface area contributed by atoms with Gasteiger partial charge in [0.2, 0.25) is 17.7 Å².